The first-order chi connectivity index (χ1) is 16.4. The molecule has 2 atom stereocenters. The zero-order valence-electron chi connectivity index (χ0n) is 20.5. The Hall–Kier alpha value is -2.58. The first-order valence-corrected chi connectivity index (χ1v) is 12.9. The Bertz CT molecular complexity index is 1010. The number of amides is 1. The summed E-state index contributed by atoms with van der Waals surface area (Å²) >= 11 is 1.69. The van der Waals surface area contributed by atoms with Gasteiger partial charge >= 0.3 is 0 Å². The number of rotatable bonds is 4. The zero-order valence-corrected chi connectivity index (χ0v) is 21.3. The molecule has 1 N–H and O–H groups in total. The van der Waals surface area contributed by atoms with Crippen molar-refractivity contribution >= 4 is 35.5 Å². The van der Waals surface area contributed by atoms with E-state index in [-0.39, 0.29) is 23.2 Å². The Morgan fingerprint density at radius 3 is 2.79 bits per heavy atom. The van der Waals surface area contributed by atoms with Crippen LogP contribution in [0.1, 0.15) is 27.2 Å². The highest BCUT2D eigenvalue weighted by Gasteiger charge is 2.39. The lowest BCUT2D eigenvalue weighted by molar-refractivity contribution is -0.132. The van der Waals surface area contributed by atoms with Crippen LogP contribution in [0, 0.1) is 5.92 Å². The predicted octanol–water partition coefficient (Wildman–Crippen LogP) is 4.05. The van der Waals surface area contributed by atoms with Crippen molar-refractivity contribution in [3.63, 3.8) is 0 Å². The third kappa shape index (κ3) is 6.10. The molecule has 1 aromatic rings. The summed E-state index contributed by atoms with van der Waals surface area (Å²) in [6.07, 6.45) is 6.93. The normalized spacial score (nSPS) is 24.6. The minimum atomic E-state index is -0.0869. The molecule has 3 aliphatic rings. The first-order valence-electron chi connectivity index (χ1n) is 12.0. The van der Waals surface area contributed by atoms with Crippen molar-refractivity contribution in [1.29, 1.82) is 0 Å². The maximum Gasteiger partial charge on any atom is 0.236 e. The van der Waals surface area contributed by atoms with Crippen LogP contribution in [-0.2, 0) is 4.79 Å². The standard InChI is InChI=1S/C26H35N5O2S/c1-18(2)33-21-9-7-8-20(16-21)29-26-27-11-6-5-10-23-22(17-28-26)19(3)24(34-23)25(32)31-14-12-30(4)13-15-31/h5,7-11,16,18-19,24H,6,12-15,17H2,1-4H3,(H,28,29)/b10-5-,27-11?/t19-,24?/m0/s1. The van der Waals surface area contributed by atoms with E-state index >= 15 is 0 Å². The van der Waals surface area contributed by atoms with Gasteiger partial charge in [-0.25, -0.2) is 9.98 Å². The van der Waals surface area contributed by atoms with Gasteiger partial charge in [-0.2, -0.15) is 0 Å². The average molecular weight is 482 g/mol. The second-order valence-electron chi connectivity index (χ2n) is 9.25. The molecule has 1 amide bonds. The van der Waals surface area contributed by atoms with Gasteiger partial charge in [0.1, 0.15) is 5.75 Å². The van der Waals surface area contributed by atoms with Gasteiger partial charge in [-0.3, -0.25) is 4.79 Å². The van der Waals surface area contributed by atoms with E-state index in [1.807, 2.05) is 49.2 Å². The molecule has 4 rings (SSSR count). The largest absolute Gasteiger partial charge is 0.491 e. The molecule has 34 heavy (non-hydrogen) atoms. The number of hydrogen-bond acceptors (Lipinski definition) is 7. The van der Waals surface area contributed by atoms with Gasteiger partial charge in [0.05, 0.1) is 17.9 Å². The molecule has 0 bridgehead atoms. The molecule has 0 aromatic heterocycles. The van der Waals surface area contributed by atoms with Crippen LogP contribution < -0.4 is 10.1 Å². The number of carbonyl (C=O) groups excluding carboxylic acids is 1. The average Bonchev–Trinajstić information content (AvgIpc) is 3.12. The number of allylic oxidation sites excluding steroid dienone is 2. The van der Waals surface area contributed by atoms with E-state index in [2.05, 4.69) is 41.3 Å². The summed E-state index contributed by atoms with van der Waals surface area (Å²) in [6, 6.07) is 7.84. The van der Waals surface area contributed by atoms with E-state index in [1.54, 1.807) is 11.8 Å². The van der Waals surface area contributed by atoms with Gasteiger partial charge in [-0.1, -0.05) is 25.1 Å². The number of likely N-dealkylation sites (N-methyl/N-ethyl adjacent to an activating group) is 1. The van der Waals surface area contributed by atoms with Crippen LogP contribution in [0.5, 0.6) is 5.75 Å². The molecule has 8 heteroatoms. The van der Waals surface area contributed by atoms with Gasteiger partial charge in [0.15, 0.2) is 0 Å². The van der Waals surface area contributed by atoms with Crippen LogP contribution in [0.15, 0.2) is 56.9 Å². The van der Waals surface area contributed by atoms with Crippen molar-refractivity contribution in [3.05, 3.63) is 46.9 Å². The number of benzene rings is 1. The highest BCUT2D eigenvalue weighted by atomic mass is 32.2. The van der Waals surface area contributed by atoms with Gasteiger partial charge in [-0.05, 0) is 38.6 Å². The van der Waals surface area contributed by atoms with E-state index in [4.69, 9.17) is 9.73 Å². The van der Waals surface area contributed by atoms with Crippen molar-refractivity contribution in [3.8, 4) is 5.75 Å². The number of ether oxygens (including phenoxy) is 1. The molecular formula is C26H35N5O2S. The van der Waals surface area contributed by atoms with E-state index in [0.717, 1.165) is 37.6 Å². The fourth-order valence-corrected chi connectivity index (χ4v) is 5.73. The second kappa shape index (κ2) is 11.2. The van der Waals surface area contributed by atoms with Gasteiger partial charge in [-0.15, -0.1) is 11.8 Å². The van der Waals surface area contributed by atoms with Crippen LogP contribution in [-0.4, -0.2) is 79.0 Å². The molecule has 1 saturated heterocycles. The van der Waals surface area contributed by atoms with E-state index in [1.165, 1.54) is 10.5 Å². The maximum atomic E-state index is 13.3. The summed E-state index contributed by atoms with van der Waals surface area (Å²) in [6.45, 7) is 10.2. The fourth-order valence-electron chi connectivity index (χ4n) is 4.26. The Morgan fingerprint density at radius 2 is 2.03 bits per heavy atom. The lowest BCUT2D eigenvalue weighted by atomic mass is 9.96. The van der Waals surface area contributed by atoms with Crippen molar-refractivity contribution < 1.29 is 9.53 Å². The molecule has 7 nitrogen and oxygen atoms in total. The van der Waals surface area contributed by atoms with E-state index in [9.17, 15) is 4.79 Å². The Balaban J connectivity index is 1.48. The van der Waals surface area contributed by atoms with Gasteiger partial charge in [0.2, 0.25) is 11.9 Å². The number of piperazine rings is 1. The minimum Gasteiger partial charge on any atom is -0.491 e. The SMILES string of the molecule is CC(C)Oc1cccc(NC2=NCC3=C(/C=C\CC=N2)SC(C(=O)N2CCN(C)CC2)[C@H]3C)c1. The number of anilines is 1. The minimum absolute atomic E-state index is 0.0869. The fraction of sp³-hybridized carbons (Fsp3) is 0.500. The molecule has 1 fully saturated rings. The Labute approximate surface area is 207 Å². The third-order valence-electron chi connectivity index (χ3n) is 6.22. The van der Waals surface area contributed by atoms with Crippen LogP contribution in [0.3, 0.4) is 0 Å². The number of nitrogens with one attached hydrogen (secondary N) is 1. The molecule has 0 spiro atoms. The highest BCUT2D eigenvalue weighted by Crippen LogP contribution is 2.44. The summed E-state index contributed by atoms with van der Waals surface area (Å²) in [7, 11) is 2.11. The van der Waals surface area contributed by atoms with Crippen LogP contribution in [0.25, 0.3) is 0 Å². The summed E-state index contributed by atoms with van der Waals surface area (Å²) < 4.78 is 5.81. The smallest absolute Gasteiger partial charge is 0.236 e. The molecule has 1 aromatic carbocycles. The van der Waals surface area contributed by atoms with Gasteiger partial charge in [0, 0.05) is 61.4 Å². The number of thioether (sulfide) groups is 1. The molecule has 182 valence electrons. The number of guanidine groups is 1. The highest BCUT2D eigenvalue weighted by molar-refractivity contribution is 8.04. The lowest BCUT2D eigenvalue weighted by Crippen LogP contribution is -2.50. The monoisotopic (exact) mass is 481 g/mol. The molecule has 0 aliphatic carbocycles. The van der Waals surface area contributed by atoms with Crippen molar-refractivity contribution in [2.75, 3.05) is 45.1 Å². The zero-order chi connectivity index (χ0) is 24.1. The first kappa shape index (κ1) is 24.5. The van der Waals surface area contributed by atoms with Crippen molar-refractivity contribution in [2.24, 2.45) is 15.9 Å². The number of hydrogen-bond donors (Lipinski definition) is 1. The van der Waals surface area contributed by atoms with Gasteiger partial charge < -0.3 is 19.9 Å². The Kier molecular flexibility index (Phi) is 8.11. The lowest BCUT2D eigenvalue weighted by Gasteiger charge is -2.34. The quantitative estimate of drug-likeness (QED) is 0.703. The van der Waals surface area contributed by atoms with Crippen LogP contribution >= 0.6 is 11.8 Å². The molecule has 1 unspecified atom stereocenters. The number of nitrogens with zero attached hydrogens (tertiary/aromatic N) is 4. The van der Waals surface area contributed by atoms with Crippen LogP contribution in [0.2, 0.25) is 0 Å². The summed E-state index contributed by atoms with van der Waals surface area (Å²) in [5.41, 5.74) is 2.09. The molecule has 0 radical (unpaired) electrons. The topological polar surface area (TPSA) is 69.5 Å². The molecule has 3 aliphatic heterocycles. The second-order valence-corrected chi connectivity index (χ2v) is 10.4. The molecular weight excluding hydrogens is 446 g/mol. The predicted molar refractivity (Wildman–Crippen MR) is 142 cm³/mol. The van der Waals surface area contributed by atoms with Crippen molar-refractivity contribution in [1.82, 2.24) is 9.80 Å². The number of carbonyl (C=O) groups is 1. The van der Waals surface area contributed by atoms with E-state index < -0.39 is 0 Å². The van der Waals surface area contributed by atoms with E-state index in [0.29, 0.717) is 18.9 Å². The summed E-state index contributed by atoms with van der Waals surface area (Å²) in [5, 5.41) is 3.25. The van der Waals surface area contributed by atoms with Crippen molar-refractivity contribution in [2.45, 2.75) is 38.5 Å². The summed E-state index contributed by atoms with van der Waals surface area (Å²) in [4.78, 5) is 28.2. The Morgan fingerprint density at radius 1 is 1.24 bits per heavy atom. The number of aliphatic imine (C=N–C) groups is 2. The third-order valence-corrected chi connectivity index (χ3v) is 7.73. The van der Waals surface area contributed by atoms with Crippen LogP contribution in [0.4, 0.5) is 5.69 Å². The molecule has 3 heterocycles. The maximum absolute atomic E-state index is 13.3. The molecule has 0 saturated carbocycles. The van der Waals surface area contributed by atoms with Gasteiger partial charge in [0.25, 0.3) is 0 Å². The summed E-state index contributed by atoms with van der Waals surface area (Å²) in [5.74, 6) is 1.76.